The molecule has 0 aromatic heterocycles. The maximum Gasteiger partial charge on any atom is 0.308 e. The van der Waals surface area contributed by atoms with Gasteiger partial charge >= 0.3 is 5.97 Å². The normalized spacial score (nSPS) is 11.2. The van der Waals surface area contributed by atoms with Crippen LogP contribution in [0.5, 0.6) is 0 Å². The smallest absolute Gasteiger partial charge is 0.308 e. The van der Waals surface area contributed by atoms with E-state index in [1.165, 1.54) is 6.07 Å². The third-order valence-electron chi connectivity index (χ3n) is 4.17. The Morgan fingerprint density at radius 2 is 1.88 bits per heavy atom. The largest absolute Gasteiger partial charge is 0.466 e. The Kier molecular flexibility index (Phi) is 9.30. The van der Waals surface area contributed by atoms with Gasteiger partial charge in [0.15, 0.2) is 5.96 Å². The highest BCUT2D eigenvalue weighted by atomic mass is 35.5. The van der Waals surface area contributed by atoms with E-state index in [1.807, 2.05) is 0 Å². The van der Waals surface area contributed by atoms with E-state index in [-0.39, 0.29) is 36.1 Å². The lowest BCUT2D eigenvalue weighted by Gasteiger charge is -2.19. The van der Waals surface area contributed by atoms with Crippen molar-refractivity contribution >= 4 is 52.6 Å². The Bertz CT molecular complexity index is 1020. The number of benzene rings is 2. The summed E-state index contributed by atoms with van der Waals surface area (Å²) in [4.78, 5) is 36.8. The summed E-state index contributed by atoms with van der Waals surface area (Å²) in [6, 6.07) is 10.3. The van der Waals surface area contributed by atoms with Gasteiger partial charge in [-0.3, -0.25) is 19.8 Å². The summed E-state index contributed by atoms with van der Waals surface area (Å²) < 4.78 is 4.98. The van der Waals surface area contributed by atoms with Crippen LogP contribution in [0.15, 0.2) is 42.5 Å². The molecule has 2 aromatic rings. The predicted molar refractivity (Wildman–Crippen MR) is 123 cm³/mol. The van der Waals surface area contributed by atoms with Crippen molar-refractivity contribution in [3.8, 4) is 0 Å². The van der Waals surface area contributed by atoms with Gasteiger partial charge in [-0.15, -0.1) is 0 Å². The average molecular weight is 480 g/mol. The summed E-state index contributed by atoms with van der Waals surface area (Å²) in [5.41, 5.74) is 6.59. The lowest BCUT2D eigenvalue weighted by Crippen LogP contribution is -2.39. The Hall–Kier alpha value is -3.30. The molecular formula is C21H23Cl2N5O4. The van der Waals surface area contributed by atoms with E-state index in [1.54, 1.807) is 43.3 Å². The number of esters is 1. The summed E-state index contributed by atoms with van der Waals surface area (Å²) in [7, 11) is 0. The van der Waals surface area contributed by atoms with Gasteiger partial charge in [0, 0.05) is 11.3 Å². The van der Waals surface area contributed by atoms with Crippen molar-refractivity contribution in [2.75, 3.05) is 18.5 Å². The second kappa shape index (κ2) is 11.9. The van der Waals surface area contributed by atoms with Crippen LogP contribution in [0.25, 0.3) is 0 Å². The van der Waals surface area contributed by atoms with Crippen LogP contribution < -0.4 is 21.7 Å². The fourth-order valence-corrected chi connectivity index (χ4v) is 3.08. The van der Waals surface area contributed by atoms with Gasteiger partial charge in [0.25, 0.3) is 5.91 Å². The van der Waals surface area contributed by atoms with Gasteiger partial charge in [0.05, 0.1) is 35.7 Å². The van der Waals surface area contributed by atoms with E-state index in [4.69, 9.17) is 39.1 Å². The molecule has 0 heterocycles. The first-order chi connectivity index (χ1) is 15.2. The molecule has 1 unspecified atom stereocenters. The highest BCUT2D eigenvalue weighted by Crippen LogP contribution is 2.27. The van der Waals surface area contributed by atoms with Crippen LogP contribution in [-0.2, 0) is 14.3 Å². The molecule has 6 N–H and O–H groups in total. The number of rotatable bonds is 9. The van der Waals surface area contributed by atoms with E-state index >= 15 is 0 Å². The molecule has 0 bridgehead atoms. The molecule has 2 rings (SSSR count). The number of nitrogens with two attached hydrogens (primary N) is 1. The van der Waals surface area contributed by atoms with E-state index in [0.29, 0.717) is 16.3 Å². The van der Waals surface area contributed by atoms with Crippen molar-refractivity contribution in [2.24, 2.45) is 5.73 Å². The molecule has 2 amide bonds. The van der Waals surface area contributed by atoms with Crippen LogP contribution in [0.3, 0.4) is 0 Å². The van der Waals surface area contributed by atoms with Gasteiger partial charge in [-0.25, -0.2) is 0 Å². The van der Waals surface area contributed by atoms with E-state index in [9.17, 15) is 14.4 Å². The molecule has 9 nitrogen and oxygen atoms in total. The van der Waals surface area contributed by atoms with Crippen LogP contribution in [-0.4, -0.2) is 36.9 Å². The number of guanidine groups is 1. The van der Waals surface area contributed by atoms with Gasteiger partial charge in [-0.2, -0.15) is 0 Å². The van der Waals surface area contributed by atoms with Crippen molar-refractivity contribution in [1.82, 2.24) is 10.6 Å². The summed E-state index contributed by atoms with van der Waals surface area (Å²) in [5.74, 6) is -1.78. The number of ether oxygens (including phenoxy) is 1. The first-order valence-electron chi connectivity index (χ1n) is 9.58. The summed E-state index contributed by atoms with van der Waals surface area (Å²) in [6.45, 7) is 1.55. The SMILES string of the molecule is CCOC(=O)CC(NC(=O)CNC(=O)c1cccc(NC(=N)N)c1)c1ccc(Cl)c(Cl)c1. The lowest BCUT2D eigenvalue weighted by atomic mass is 10.0. The average Bonchev–Trinajstić information content (AvgIpc) is 2.73. The number of carbonyl (C=O) groups is 3. The molecule has 11 heteroatoms. The topological polar surface area (TPSA) is 146 Å². The quantitative estimate of drug-likeness (QED) is 0.212. The number of hydrogen-bond donors (Lipinski definition) is 5. The molecule has 0 aliphatic rings. The van der Waals surface area contributed by atoms with Crippen molar-refractivity contribution in [3.63, 3.8) is 0 Å². The molecule has 0 radical (unpaired) electrons. The maximum absolute atomic E-state index is 12.5. The van der Waals surface area contributed by atoms with Crippen molar-refractivity contribution in [3.05, 3.63) is 63.6 Å². The van der Waals surface area contributed by atoms with Gasteiger partial charge in [0.2, 0.25) is 5.91 Å². The van der Waals surface area contributed by atoms with Gasteiger partial charge in [0.1, 0.15) is 0 Å². The Morgan fingerprint density at radius 1 is 1.12 bits per heavy atom. The van der Waals surface area contributed by atoms with Gasteiger partial charge in [-0.1, -0.05) is 35.3 Å². The number of hydrogen-bond acceptors (Lipinski definition) is 5. The first kappa shape index (κ1) is 25.0. The molecule has 170 valence electrons. The fraction of sp³-hybridized carbons (Fsp3) is 0.238. The van der Waals surface area contributed by atoms with Crippen LogP contribution >= 0.6 is 23.2 Å². The second-order valence-electron chi connectivity index (χ2n) is 6.60. The number of anilines is 1. The molecule has 0 saturated heterocycles. The van der Waals surface area contributed by atoms with Crippen molar-refractivity contribution in [1.29, 1.82) is 5.41 Å². The van der Waals surface area contributed by atoms with Gasteiger partial charge < -0.3 is 26.4 Å². The Balaban J connectivity index is 2.04. The van der Waals surface area contributed by atoms with Crippen molar-refractivity contribution in [2.45, 2.75) is 19.4 Å². The minimum absolute atomic E-state index is 0.121. The minimum Gasteiger partial charge on any atom is -0.466 e. The highest BCUT2D eigenvalue weighted by Gasteiger charge is 2.20. The molecule has 2 aromatic carbocycles. The highest BCUT2D eigenvalue weighted by molar-refractivity contribution is 6.42. The monoisotopic (exact) mass is 479 g/mol. The summed E-state index contributed by atoms with van der Waals surface area (Å²) in [6.07, 6.45) is -0.121. The fourth-order valence-electron chi connectivity index (χ4n) is 2.77. The molecule has 1 atom stereocenters. The molecule has 0 aliphatic carbocycles. The van der Waals surface area contributed by atoms with Crippen LogP contribution in [0.2, 0.25) is 10.0 Å². The number of nitrogens with one attached hydrogen (secondary N) is 4. The Labute approximate surface area is 195 Å². The summed E-state index contributed by atoms with van der Waals surface area (Å²) in [5, 5.41) is 15.7. The minimum atomic E-state index is -0.726. The van der Waals surface area contributed by atoms with E-state index in [0.717, 1.165) is 0 Å². The predicted octanol–water partition coefficient (Wildman–Crippen LogP) is 2.84. The van der Waals surface area contributed by atoms with Gasteiger partial charge in [-0.05, 0) is 42.8 Å². The molecule has 32 heavy (non-hydrogen) atoms. The number of amides is 2. The van der Waals surface area contributed by atoms with Crippen LogP contribution in [0.1, 0.15) is 35.3 Å². The zero-order valence-corrected chi connectivity index (χ0v) is 18.7. The molecular weight excluding hydrogens is 457 g/mol. The zero-order chi connectivity index (χ0) is 23.7. The molecule has 0 aliphatic heterocycles. The number of carbonyl (C=O) groups excluding carboxylic acids is 3. The van der Waals surface area contributed by atoms with Crippen molar-refractivity contribution < 1.29 is 19.1 Å². The third kappa shape index (κ3) is 7.75. The third-order valence-corrected chi connectivity index (χ3v) is 4.91. The number of halogens is 2. The van der Waals surface area contributed by atoms with E-state index in [2.05, 4.69) is 16.0 Å². The first-order valence-corrected chi connectivity index (χ1v) is 10.3. The van der Waals surface area contributed by atoms with E-state index < -0.39 is 23.8 Å². The molecule has 0 fully saturated rings. The lowest BCUT2D eigenvalue weighted by molar-refractivity contribution is -0.143. The second-order valence-corrected chi connectivity index (χ2v) is 7.42. The zero-order valence-electron chi connectivity index (χ0n) is 17.2. The van der Waals surface area contributed by atoms with Crippen LogP contribution in [0, 0.1) is 5.41 Å². The molecule has 0 saturated carbocycles. The summed E-state index contributed by atoms with van der Waals surface area (Å²) >= 11 is 12.0. The maximum atomic E-state index is 12.5. The molecule has 0 spiro atoms. The van der Waals surface area contributed by atoms with Crippen LogP contribution in [0.4, 0.5) is 5.69 Å². The standard InChI is InChI=1S/C21H23Cl2N5O4/c1-2-32-19(30)10-17(12-6-7-15(22)16(23)9-12)28-18(29)11-26-20(31)13-4-3-5-14(8-13)27-21(24)25/h3-9,17H,2,10-11H2,1H3,(H,26,31)(H,28,29)(H4,24,25,27). The Morgan fingerprint density at radius 3 is 2.53 bits per heavy atom.